The lowest BCUT2D eigenvalue weighted by atomic mass is 10.1. The summed E-state index contributed by atoms with van der Waals surface area (Å²) in [7, 11) is 0. The Hall–Kier alpha value is -2.54. The van der Waals surface area contributed by atoms with Crippen LogP contribution in [0.5, 0.6) is 0 Å². The molecule has 0 aliphatic carbocycles. The molecular weight excluding hydrogens is 321 g/mol. The van der Waals surface area contributed by atoms with Crippen LogP contribution in [0.3, 0.4) is 0 Å². The van der Waals surface area contributed by atoms with Crippen molar-refractivity contribution in [3.8, 4) is 0 Å². The van der Waals surface area contributed by atoms with Crippen LogP contribution in [0.4, 0.5) is 18.9 Å². The molecule has 1 aliphatic rings. The molecule has 0 bridgehead atoms. The monoisotopic (exact) mass is 326 g/mol. The molecule has 2 aromatic carbocycles. The number of hydrogen-bond acceptors (Lipinski definition) is 3. The molecule has 112 valence electrons. The molecule has 2 amide bonds. The van der Waals surface area contributed by atoms with Crippen molar-refractivity contribution < 1.29 is 22.8 Å². The minimum Gasteiger partial charge on any atom is -0.284 e. The molecule has 0 spiro atoms. The van der Waals surface area contributed by atoms with E-state index >= 15 is 0 Å². The zero-order valence-corrected chi connectivity index (χ0v) is 11.4. The van der Waals surface area contributed by atoms with E-state index in [-0.39, 0.29) is 21.8 Å². The van der Waals surface area contributed by atoms with E-state index in [1.807, 2.05) is 0 Å². The van der Waals surface area contributed by atoms with Crippen molar-refractivity contribution in [2.45, 2.75) is 0 Å². The third-order valence-electron chi connectivity index (χ3n) is 3.11. The number of nitrogens with zero attached hydrogens (tertiary/aromatic N) is 1. The molecule has 0 saturated carbocycles. The molecule has 4 nitrogen and oxygen atoms in total. The minimum absolute atomic E-state index is 0.0612. The van der Waals surface area contributed by atoms with Gasteiger partial charge in [-0.3, -0.25) is 15.0 Å². The summed E-state index contributed by atoms with van der Waals surface area (Å²) in [6.45, 7) is 0. The van der Waals surface area contributed by atoms with E-state index in [1.165, 1.54) is 12.1 Å². The zero-order chi connectivity index (χ0) is 16.0. The highest BCUT2D eigenvalue weighted by Crippen LogP contribution is 2.29. The first-order chi connectivity index (χ1) is 10.4. The lowest BCUT2D eigenvalue weighted by molar-refractivity contribution is 0.0691. The van der Waals surface area contributed by atoms with E-state index in [0.29, 0.717) is 17.1 Å². The first kappa shape index (κ1) is 14.4. The maximum atomic E-state index is 13.7. The second-order valence-corrected chi connectivity index (χ2v) is 4.87. The van der Waals surface area contributed by atoms with E-state index in [9.17, 15) is 22.8 Å². The predicted octanol–water partition coefficient (Wildman–Crippen LogP) is 3.38. The summed E-state index contributed by atoms with van der Waals surface area (Å²) in [5, 5.41) is 0.391. The fourth-order valence-electron chi connectivity index (χ4n) is 2.05. The van der Waals surface area contributed by atoms with Crippen molar-refractivity contribution in [3.05, 3.63) is 63.9 Å². The van der Waals surface area contributed by atoms with Gasteiger partial charge in [0.2, 0.25) is 0 Å². The SMILES string of the molecule is O=C1c2cc(F)c(F)cc2C(=O)N1Nc1c(F)cccc1Cl. The molecule has 0 aromatic heterocycles. The number of carbonyl (C=O) groups is 2. The second kappa shape index (κ2) is 5.03. The molecule has 0 saturated heterocycles. The zero-order valence-electron chi connectivity index (χ0n) is 10.7. The Kier molecular flexibility index (Phi) is 3.29. The topological polar surface area (TPSA) is 49.4 Å². The van der Waals surface area contributed by atoms with Crippen LogP contribution in [0.25, 0.3) is 0 Å². The van der Waals surface area contributed by atoms with Gasteiger partial charge in [-0.2, -0.15) is 5.01 Å². The summed E-state index contributed by atoms with van der Waals surface area (Å²) < 4.78 is 40.1. The molecule has 0 radical (unpaired) electrons. The molecule has 1 N–H and O–H groups in total. The number of halogens is 4. The second-order valence-electron chi connectivity index (χ2n) is 4.47. The van der Waals surface area contributed by atoms with E-state index < -0.39 is 29.3 Å². The van der Waals surface area contributed by atoms with Gasteiger partial charge in [0.25, 0.3) is 11.8 Å². The Morgan fingerprint density at radius 3 is 1.95 bits per heavy atom. The van der Waals surface area contributed by atoms with Gasteiger partial charge in [-0.15, -0.1) is 0 Å². The quantitative estimate of drug-likeness (QED) is 0.861. The number of rotatable bonds is 2. The summed E-state index contributed by atoms with van der Waals surface area (Å²) in [4.78, 5) is 24.2. The number of nitrogens with one attached hydrogen (secondary N) is 1. The highest BCUT2D eigenvalue weighted by molar-refractivity contribution is 6.33. The fraction of sp³-hybridized carbons (Fsp3) is 0. The van der Waals surface area contributed by atoms with Crippen LogP contribution >= 0.6 is 11.6 Å². The fourth-order valence-corrected chi connectivity index (χ4v) is 2.26. The van der Waals surface area contributed by atoms with E-state index in [4.69, 9.17) is 11.6 Å². The van der Waals surface area contributed by atoms with Crippen LogP contribution in [0.2, 0.25) is 5.02 Å². The smallest absolute Gasteiger partial charge is 0.280 e. The normalized spacial score (nSPS) is 13.5. The van der Waals surface area contributed by atoms with Gasteiger partial charge >= 0.3 is 0 Å². The minimum atomic E-state index is -1.26. The van der Waals surface area contributed by atoms with Crippen LogP contribution in [-0.2, 0) is 0 Å². The lowest BCUT2D eigenvalue weighted by Gasteiger charge is -2.17. The third kappa shape index (κ3) is 2.10. The van der Waals surface area contributed by atoms with Gasteiger partial charge in [-0.05, 0) is 24.3 Å². The summed E-state index contributed by atoms with van der Waals surface area (Å²) in [6, 6.07) is 5.01. The van der Waals surface area contributed by atoms with Crippen molar-refractivity contribution in [2.24, 2.45) is 0 Å². The Morgan fingerprint density at radius 2 is 1.45 bits per heavy atom. The highest BCUT2D eigenvalue weighted by Gasteiger charge is 2.38. The number of hydrazine groups is 1. The van der Waals surface area contributed by atoms with Gasteiger partial charge in [-0.1, -0.05) is 17.7 Å². The van der Waals surface area contributed by atoms with Crippen LogP contribution < -0.4 is 5.43 Å². The number of para-hydroxylation sites is 1. The summed E-state index contributed by atoms with van der Waals surface area (Å²) in [5.41, 5.74) is 1.32. The van der Waals surface area contributed by atoms with Crippen molar-refractivity contribution in [1.82, 2.24) is 5.01 Å². The van der Waals surface area contributed by atoms with Gasteiger partial charge in [0.15, 0.2) is 11.6 Å². The maximum absolute atomic E-state index is 13.7. The highest BCUT2D eigenvalue weighted by atomic mass is 35.5. The average Bonchev–Trinajstić information content (AvgIpc) is 2.68. The number of imide groups is 1. The van der Waals surface area contributed by atoms with Gasteiger partial charge in [0, 0.05) is 0 Å². The molecule has 0 fully saturated rings. The van der Waals surface area contributed by atoms with Crippen LogP contribution in [-0.4, -0.2) is 16.8 Å². The number of hydrogen-bond donors (Lipinski definition) is 1. The molecule has 3 rings (SSSR count). The molecule has 2 aromatic rings. The van der Waals surface area contributed by atoms with Gasteiger partial charge in [0.1, 0.15) is 11.5 Å². The van der Waals surface area contributed by atoms with Gasteiger partial charge in [-0.25, -0.2) is 13.2 Å². The summed E-state index contributed by atoms with van der Waals surface area (Å²) in [5.74, 6) is -5.17. The van der Waals surface area contributed by atoms with Crippen molar-refractivity contribution in [1.29, 1.82) is 0 Å². The molecule has 1 aliphatic heterocycles. The molecule has 1 heterocycles. The van der Waals surface area contributed by atoms with Crippen LogP contribution in [0.1, 0.15) is 20.7 Å². The van der Waals surface area contributed by atoms with Crippen LogP contribution in [0, 0.1) is 17.5 Å². The Bertz CT molecular complexity index is 765. The molecule has 0 atom stereocenters. The lowest BCUT2D eigenvalue weighted by Crippen LogP contribution is -2.35. The van der Waals surface area contributed by atoms with E-state index in [2.05, 4.69) is 5.43 Å². The van der Waals surface area contributed by atoms with Crippen molar-refractivity contribution in [3.63, 3.8) is 0 Å². The molecule has 8 heteroatoms. The van der Waals surface area contributed by atoms with E-state index in [1.54, 1.807) is 0 Å². The maximum Gasteiger partial charge on any atom is 0.280 e. The summed E-state index contributed by atoms with van der Waals surface area (Å²) >= 11 is 5.79. The third-order valence-corrected chi connectivity index (χ3v) is 3.43. The van der Waals surface area contributed by atoms with E-state index in [0.717, 1.165) is 6.07 Å². The Balaban J connectivity index is 2.01. The van der Waals surface area contributed by atoms with Crippen LogP contribution in [0.15, 0.2) is 30.3 Å². The number of anilines is 1. The first-order valence-corrected chi connectivity index (χ1v) is 6.36. The standard InChI is InChI=1S/C14H6ClF3N2O2/c15-8-2-1-3-9(16)12(8)19-20-13(21)6-4-10(17)11(18)5-7(6)14(20)22/h1-5,19H. The largest absolute Gasteiger partial charge is 0.284 e. The molecule has 22 heavy (non-hydrogen) atoms. The Labute approximate surface area is 127 Å². The summed E-state index contributed by atoms with van der Waals surface area (Å²) in [6.07, 6.45) is 0. The van der Waals surface area contributed by atoms with Gasteiger partial charge in [0.05, 0.1) is 16.1 Å². The van der Waals surface area contributed by atoms with Crippen molar-refractivity contribution in [2.75, 3.05) is 5.43 Å². The number of carbonyl (C=O) groups excluding carboxylic acids is 2. The number of fused-ring (bicyclic) bond motifs is 1. The van der Waals surface area contributed by atoms with Crippen molar-refractivity contribution >= 4 is 29.1 Å². The number of amides is 2. The first-order valence-electron chi connectivity index (χ1n) is 5.98. The average molecular weight is 327 g/mol. The van der Waals surface area contributed by atoms with Gasteiger partial charge < -0.3 is 0 Å². The molecule has 0 unspecified atom stereocenters. The predicted molar refractivity (Wildman–Crippen MR) is 71.9 cm³/mol. The Morgan fingerprint density at radius 1 is 0.909 bits per heavy atom. The molecular formula is C14H6ClF3N2O2. The number of benzene rings is 2.